The molecule has 7 nitrogen and oxygen atoms in total. The van der Waals surface area contributed by atoms with Crippen LogP contribution in [0.1, 0.15) is 68.9 Å². The van der Waals surface area contributed by atoms with Gasteiger partial charge in [0.25, 0.3) is 0 Å². The topological polar surface area (TPSA) is 105 Å². The van der Waals surface area contributed by atoms with E-state index in [1.54, 1.807) is 0 Å². The van der Waals surface area contributed by atoms with Crippen LogP contribution >= 0.6 is 0 Å². The van der Waals surface area contributed by atoms with Gasteiger partial charge in [-0.15, -0.1) is 0 Å². The van der Waals surface area contributed by atoms with Gasteiger partial charge in [0.15, 0.2) is 0 Å². The molecule has 0 radical (unpaired) electrons. The summed E-state index contributed by atoms with van der Waals surface area (Å²) in [6, 6.07) is 15.5. The van der Waals surface area contributed by atoms with Gasteiger partial charge in [-0.25, -0.2) is 4.79 Å². The molecule has 1 atom stereocenters. The molecule has 3 N–H and O–H groups in total. The molecule has 2 aromatic rings. The fourth-order valence-electron chi connectivity index (χ4n) is 5.36. The third-order valence-electron chi connectivity index (χ3n) is 7.41. The fraction of sp³-hybridized carbons (Fsp3) is 0.464. The molecule has 0 saturated heterocycles. The van der Waals surface area contributed by atoms with Crippen molar-refractivity contribution in [3.8, 4) is 11.1 Å². The molecule has 0 heterocycles. The predicted octanol–water partition coefficient (Wildman–Crippen LogP) is 4.85. The van der Waals surface area contributed by atoms with Crippen molar-refractivity contribution < 1.29 is 24.2 Å². The van der Waals surface area contributed by atoms with E-state index in [4.69, 9.17) is 4.74 Å². The SMILES string of the molecule is CCCCC(NC(=O)OCC1c2ccccc2-c2ccccc21)C(=O)NCC1(C(=O)O)CCCC1. The molecule has 7 heteroatoms. The lowest BCUT2D eigenvalue weighted by Crippen LogP contribution is -2.50. The zero-order chi connectivity index (χ0) is 24.8. The molecule has 186 valence electrons. The van der Waals surface area contributed by atoms with Gasteiger partial charge in [-0.2, -0.15) is 0 Å². The summed E-state index contributed by atoms with van der Waals surface area (Å²) in [6.45, 7) is 2.26. The van der Waals surface area contributed by atoms with Crippen LogP contribution in [0, 0.1) is 5.41 Å². The molecule has 35 heavy (non-hydrogen) atoms. The lowest BCUT2D eigenvalue weighted by atomic mass is 9.86. The predicted molar refractivity (Wildman–Crippen MR) is 133 cm³/mol. The van der Waals surface area contributed by atoms with Gasteiger partial charge in [-0.05, 0) is 41.5 Å². The quantitative estimate of drug-likeness (QED) is 0.453. The summed E-state index contributed by atoms with van der Waals surface area (Å²) >= 11 is 0. The van der Waals surface area contributed by atoms with Crippen LogP contribution < -0.4 is 10.6 Å². The summed E-state index contributed by atoms with van der Waals surface area (Å²) in [5.74, 6) is -1.29. The number of rotatable bonds is 10. The van der Waals surface area contributed by atoms with Gasteiger partial charge in [0.1, 0.15) is 12.6 Å². The van der Waals surface area contributed by atoms with E-state index in [0.29, 0.717) is 19.3 Å². The Labute approximate surface area is 206 Å². The zero-order valence-corrected chi connectivity index (χ0v) is 20.2. The summed E-state index contributed by atoms with van der Waals surface area (Å²) in [6.07, 6.45) is 4.26. The monoisotopic (exact) mass is 478 g/mol. The number of nitrogens with one attached hydrogen (secondary N) is 2. The number of ether oxygens (including phenoxy) is 1. The number of carboxylic acids is 1. The van der Waals surface area contributed by atoms with Gasteiger partial charge in [-0.1, -0.05) is 81.1 Å². The Hall–Kier alpha value is -3.35. The zero-order valence-electron chi connectivity index (χ0n) is 20.2. The van der Waals surface area contributed by atoms with Crippen molar-refractivity contribution >= 4 is 18.0 Å². The molecule has 4 rings (SSSR count). The Morgan fingerprint density at radius 2 is 1.63 bits per heavy atom. The van der Waals surface area contributed by atoms with Crippen LogP contribution in [0.25, 0.3) is 11.1 Å². The van der Waals surface area contributed by atoms with E-state index in [1.165, 1.54) is 0 Å². The van der Waals surface area contributed by atoms with Gasteiger partial charge in [0.2, 0.25) is 5.91 Å². The second kappa shape index (κ2) is 10.9. The molecule has 2 aromatic carbocycles. The minimum absolute atomic E-state index is 0.0612. The highest BCUT2D eigenvalue weighted by Gasteiger charge is 2.42. The minimum Gasteiger partial charge on any atom is -0.481 e. The van der Waals surface area contributed by atoms with E-state index in [0.717, 1.165) is 47.9 Å². The molecule has 1 unspecified atom stereocenters. The van der Waals surface area contributed by atoms with Crippen molar-refractivity contribution in [2.45, 2.75) is 63.8 Å². The standard InChI is InChI=1S/C28H34N2O5/c1-2-3-14-24(25(31)29-18-28(26(32)33)15-8-9-16-28)30-27(34)35-17-23-21-12-6-4-10-19(21)20-11-5-7-13-22(20)23/h4-7,10-13,23-24H,2-3,8-9,14-18H2,1H3,(H,29,31)(H,30,34)(H,32,33). The summed E-state index contributed by atoms with van der Waals surface area (Å²) in [4.78, 5) is 37.4. The van der Waals surface area contributed by atoms with Crippen LogP contribution in [0.15, 0.2) is 48.5 Å². The number of unbranched alkanes of at least 4 members (excludes halogenated alkanes) is 1. The normalized spacial score (nSPS) is 16.7. The first-order chi connectivity index (χ1) is 16.9. The second-order valence-electron chi connectivity index (χ2n) is 9.68. The molecular formula is C28H34N2O5. The van der Waals surface area contributed by atoms with E-state index < -0.39 is 23.5 Å². The summed E-state index contributed by atoms with van der Waals surface area (Å²) < 4.78 is 5.61. The van der Waals surface area contributed by atoms with E-state index in [9.17, 15) is 19.5 Å². The van der Waals surface area contributed by atoms with Crippen LogP contribution in [0.5, 0.6) is 0 Å². The number of amides is 2. The van der Waals surface area contributed by atoms with Crippen LogP contribution in [0.4, 0.5) is 4.79 Å². The van der Waals surface area contributed by atoms with Gasteiger partial charge in [-0.3, -0.25) is 9.59 Å². The summed E-state index contributed by atoms with van der Waals surface area (Å²) in [5, 5.41) is 15.2. The van der Waals surface area contributed by atoms with E-state index >= 15 is 0 Å². The highest BCUT2D eigenvalue weighted by Crippen LogP contribution is 2.44. The van der Waals surface area contributed by atoms with Crippen molar-refractivity contribution in [3.05, 3.63) is 59.7 Å². The van der Waals surface area contributed by atoms with Gasteiger partial charge >= 0.3 is 12.1 Å². The number of benzene rings is 2. The average Bonchev–Trinajstić information content (AvgIpc) is 3.48. The maximum absolute atomic E-state index is 12.9. The number of aliphatic carboxylic acids is 1. The van der Waals surface area contributed by atoms with Crippen molar-refractivity contribution in [3.63, 3.8) is 0 Å². The average molecular weight is 479 g/mol. The Bertz CT molecular complexity index is 1030. The molecule has 2 aliphatic carbocycles. The second-order valence-corrected chi connectivity index (χ2v) is 9.68. The number of hydrogen-bond donors (Lipinski definition) is 3. The molecule has 2 amide bonds. The number of carbonyl (C=O) groups is 3. The van der Waals surface area contributed by atoms with Crippen molar-refractivity contribution in [2.24, 2.45) is 5.41 Å². The van der Waals surface area contributed by atoms with Crippen molar-refractivity contribution in [1.82, 2.24) is 10.6 Å². The summed E-state index contributed by atoms with van der Waals surface area (Å²) in [5.41, 5.74) is 3.64. The van der Waals surface area contributed by atoms with Crippen LogP contribution in [0.2, 0.25) is 0 Å². The number of hydrogen-bond acceptors (Lipinski definition) is 4. The number of fused-ring (bicyclic) bond motifs is 3. The van der Waals surface area contributed by atoms with Crippen LogP contribution in [0.3, 0.4) is 0 Å². The highest BCUT2D eigenvalue weighted by atomic mass is 16.5. The van der Waals surface area contributed by atoms with Crippen molar-refractivity contribution in [1.29, 1.82) is 0 Å². The number of alkyl carbamates (subject to hydrolysis) is 1. The molecule has 0 spiro atoms. The first kappa shape index (κ1) is 24.8. The summed E-state index contributed by atoms with van der Waals surface area (Å²) in [7, 11) is 0. The Morgan fingerprint density at radius 1 is 1.03 bits per heavy atom. The molecular weight excluding hydrogens is 444 g/mol. The van der Waals surface area contributed by atoms with E-state index in [-0.39, 0.29) is 25.0 Å². The first-order valence-corrected chi connectivity index (χ1v) is 12.6. The third-order valence-corrected chi connectivity index (χ3v) is 7.41. The van der Waals surface area contributed by atoms with Gasteiger partial charge in [0.05, 0.1) is 5.41 Å². The largest absolute Gasteiger partial charge is 0.481 e. The van der Waals surface area contributed by atoms with Crippen molar-refractivity contribution in [2.75, 3.05) is 13.2 Å². The molecule has 0 aliphatic heterocycles. The Balaban J connectivity index is 1.37. The molecule has 1 saturated carbocycles. The van der Waals surface area contributed by atoms with Gasteiger partial charge in [0, 0.05) is 12.5 Å². The highest BCUT2D eigenvalue weighted by molar-refractivity contribution is 5.86. The molecule has 2 aliphatic rings. The Morgan fingerprint density at radius 3 is 2.20 bits per heavy atom. The van der Waals surface area contributed by atoms with Crippen LogP contribution in [-0.4, -0.2) is 42.3 Å². The van der Waals surface area contributed by atoms with Crippen LogP contribution in [-0.2, 0) is 14.3 Å². The maximum atomic E-state index is 12.9. The molecule has 0 aromatic heterocycles. The lowest BCUT2D eigenvalue weighted by Gasteiger charge is -2.26. The van der Waals surface area contributed by atoms with E-state index in [2.05, 4.69) is 34.9 Å². The number of carboxylic acid groups (broad SMARTS) is 1. The fourth-order valence-corrected chi connectivity index (χ4v) is 5.36. The first-order valence-electron chi connectivity index (χ1n) is 12.6. The maximum Gasteiger partial charge on any atom is 0.407 e. The molecule has 1 fully saturated rings. The van der Waals surface area contributed by atoms with E-state index in [1.807, 2.05) is 31.2 Å². The number of carbonyl (C=O) groups excluding carboxylic acids is 2. The van der Waals surface area contributed by atoms with Gasteiger partial charge < -0.3 is 20.5 Å². The smallest absolute Gasteiger partial charge is 0.407 e. The third kappa shape index (κ3) is 5.34. The minimum atomic E-state index is -0.908. The molecule has 0 bridgehead atoms. The lowest BCUT2D eigenvalue weighted by molar-refractivity contribution is -0.148. The Kier molecular flexibility index (Phi) is 7.73.